The lowest BCUT2D eigenvalue weighted by atomic mass is 9.65. The van der Waals surface area contributed by atoms with Gasteiger partial charge in [-0.3, -0.25) is 4.79 Å². The van der Waals surface area contributed by atoms with Crippen molar-refractivity contribution in [1.29, 1.82) is 0 Å². The molecular weight excluding hydrogens is 184 g/mol. The van der Waals surface area contributed by atoms with E-state index in [1.165, 1.54) is 12.0 Å². The normalized spacial score (nSPS) is 32.9. The lowest BCUT2D eigenvalue weighted by Crippen LogP contribution is -2.37. The zero-order valence-corrected chi connectivity index (χ0v) is 10.2. The number of Topliss-reactive ketones (excluding diaryl/α,β-unsaturated/α-hetero) is 1. The maximum absolute atomic E-state index is 12.0. The molecule has 1 aliphatic rings. The fraction of sp³-hybridized carbons (Fsp3) is 0.643. The van der Waals surface area contributed by atoms with Crippen molar-refractivity contribution >= 4 is 5.78 Å². The van der Waals surface area contributed by atoms with Gasteiger partial charge in [-0.1, -0.05) is 38.2 Å². The highest BCUT2D eigenvalue weighted by atomic mass is 16.1. The predicted molar refractivity (Wildman–Crippen MR) is 64.7 cm³/mol. The zero-order valence-electron chi connectivity index (χ0n) is 10.2. The van der Waals surface area contributed by atoms with Crippen LogP contribution in [-0.4, -0.2) is 5.78 Å². The summed E-state index contributed by atoms with van der Waals surface area (Å²) in [5, 5.41) is 0. The fourth-order valence-electron chi connectivity index (χ4n) is 2.22. The highest BCUT2D eigenvalue weighted by Gasteiger charge is 2.39. The van der Waals surface area contributed by atoms with Gasteiger partial charge in [-0.15, -0.1) is 0 Å². The third kappa shape index (κ3) is 2.58. The summed E-state index contributed by atoms with van der Waals surface area (Å²) in [5.41, 5.74) is 1.03. The molecule has 1 saturated carbocycles. The van der Waals surface area contributed by atoms with Crippen molar-refractivity contribution in [1.82, 2.24) is 0 Å². The van der Waals surface area contributed by atoms with Crippen LogP contribution in [0.2, 0.25) is 0 Å². The van der Waals surface area contributed by atoms with Gasteiger partial charge in [0.15, 0.2) is 0 Å². The fourth-order valence-corrected chi connectivity index (χ4v) is 2.22. The van der Waals surface area contributed by atoms with Gasteiger partial charge in [-0.25, -0.2) is 0 Å². The minimum atomic E-state index is -0.136. The molecule has 0 aliphatic heterocycles. The Morgan fingerprint density at radius 3 is 2.87 bits per heavy atom. The second-order valence-corrected chi connectivity index (χ2v) is 4.99. The Morgan fingerprint density at radius 2 is 2.33 bits per heavy atom. The van der Waals surface area contributed by atoms with E-state index in [-0.39, 0.29) is 5.41 Å². The Kier molecular flexibility index (Phi) is 3.90. The third-order valence-electron chi connectivity index (χ3n) is 3.94. The van der Waals surface area contributed by atoms with Gasteiger partial charge in [-0.2, -0.15) is 0 Å². The largest absolute Gasteiger partial charge is 0.299 e. The molecule has 0 aromatic rings. The molecular formula is C14H22O. The first-order valence-corrected chi connectivity index (χ1v) is 5.83. The third-order valence-corrected chi connectivity index (χ3v) is 3.94. The van der Waals surface area contributed by atoms with Crippen LogP contribution in [0.15, 0.2) is 24.3 Å². The number of carbonyl (C=O) groups excluding carboxylic acids is 1. The van der Waals surface area contributed by atoms with E-state index in [4.69, 9.17) is 0 Å². The monoisotopic (exact) mass is 206 g/mol. The lowest BCUT2D eigenvalue weighted by molar-refractivity contribution is -0.133. The van der Waals surface area contributed by atoms with Gasteiger partial charge in [0, 0.05) is 11.8 Å². The van der Waals surface area contributed by atoms with E-state index >= 15 is 0 Å². The molecule has 15 heavy (non-hydrogen) atoms. The smallest absolute Gasteiger partial charge is 0.139 e. The minimum Gasteiger partial charge on any atom is -0.299 e. The topological polar surface area (TPSA) is 17.1 Å². The number of ketones is 1. The summed E-state index contributed by atoms with van der Waals surface area (Å²) in [5.74, 6) is 0.946. The number of carbonyl (C=O) groups is 1. The van der Waals surface area contributed by atoms with Crippen molar-refractivity contribution in [2.45, 2.75) is 46.5 Å². The number of hydrogen-bond donors (Lipinski definition) is 0. The quantitative estimate of drug-likeness (QED) is 0.640. The van der Waals surface area contributed by atoms with Crippen LogP contribution in [0.3, 0.4) is 0 Å². The summed E-state index contributed by atoms with van der Waals surface area (Å²) in [6, 6.07) is 0. The molecule has 0 unspecified atom stereocenters. The van der Waals surface area contributed by atoms with Gasteiger partial charge in [-0.05, 0) is 32.1 Å². The van der Waals surface area contributed by atoms with Gasteiger partial charge >= 0.3 is 0 Å². The molecule has 0 amide bonds. The van der Waals surface area contributed by atoms with E-state index in [1.54, 1.807) is 0 Å². The molecule has 0 spiro atoms. The van der Waals surface area contributed by atoms with Crippen LogP contribution in [0.4, 0.5) is 0 Å². The minimum absolute atomic E-state index is 0.136. The molecule has 1 nitrogen and oxygen atoms in total. The highest BCUT2D eigenvalue weighted by Crippen LogP contribution is 2.41. The summed E-state index contributed by atoms with van der Waals surface area (Å²) < 4.78 is 0. The summed E-state index contributed by atoms with van der Waals surface area (Å²) in [6.45, 7) is 10.1. The highest BCUT2D eigenvalue weighted by molar-refractivity contribution is 5.85. The average molecular weight is 206 g/mol. The summed E-state index contributed by atoms with van der Waals surface area (Å²) in [6.07, 6.45) is 7.88. The molecule has 0 aromatic heterocycles. The van der Waals surface area contributed by atoms with Crippen LogP contribution in [0, 0.1) is 11.3 Å². The van der Waals surface area contributed by atoms with Crippen LogP contribution in [0.5, 0.6) is 0 Å². The molecule has 1 aliphatic carbocycles. The number of hydrogen-bond acceptors (Lipinski definition) is 1. The summed E-state index contributed by atoms with van der Waals surface area (Å²) >= 11 is 0. The number of rotatable bonds is 3. The molecule has 1 heteroatoms. The Morgan fingerprint density at radius 1 is 1.67 bits per heavy atom. The van der Waals surface area contributed by atoms with E-state index in [0.717, 1.165) is 19.3 Å². The first-order chi connectivity index (χ1) is 7.00. The zero-order chi connectivity index (χ0) is 11.5. The molecule has 0 aromatic carbocycles. The van der Waals surface area contributed by atoms with Crippen LogP contribution in [0.25, 0.3) is 0 Å². The molecule has 2 atom stereocenters. The molecule has 0 N–H and O–H groups in total. The molecule has 0 heterocycles. The molecule has 84 valence electrons. The predicted octanol–water partition coefficient (Wildman–Crippen LogP) is 3.90. The first-order valence-electron chi connectivity index (χ1n) is 5.83. The Labute approximate surface area is 93.3 Å². The van der Waals surface area contributed by atoms with Crippen molar-refractivity contribution in [3.05, 3.63) is 24.3 Å². The Balaban J connectivity index is 2.78. The molecule has 0 saturated heterocycles. The van der Waals surface area contributed by atoms with Crippen molar-refractivity contribution in [2.75, 3.05) is 0 Å². The van der Waals surface area contributed by atoms with Gasteiger partial charge in [0.2, 0.25) is 0 Å². The SMILES string of the molecule is C=C/C(C)=C/C[C@]1(C)C(=O)CCC[C@H]1C. The Hall–Kier alpha value is -0.850. The standard InChI is InChI=1S/C14H22O/c1-5-11(2)9-10-14(4)12(3)7-6-8-13(14)15/h5,9,12H,1,6-8,10H2,2-4H3/b11-9+/t12-,14+/m1/s1. The molecule has 1 rings (SSSR count). The lowest BCUT2D eigenvalue weighted by Gasteiger charge is -2.37. The van der Waals surface area contributed by atoms with Crippen molar-refractivity contribution in [3.8, 4) is 0 Å². The summed E-state index contributed by atoms with van der Waals surface area (Å²) in [7, 11) is 0. The average Bonchev–Trinajstić information content (AvgIpc) is 2.23. The maximum atomic E-state index is 12.0. The van der Waals surface area contributed by atoms with E-state index in [2.05, 4.69) is 26.5 Å². The van der Waals surface area contributed by atoms with E-state index in [1.807, 2.05) is 13.0 Å². The van der Waals surface area contributed by atoms with E-state index in [0.29, 0.717) is 11.7 Å². The van der Waals surface area contributed by atoms with Crippen LogP contribution >= 0.6 is 0 Å². The second-order valence-electron chi connectivity index (χ2n) is 4.99. The van der Waals surface area contributed by atoms with Crippen LogP contribution in [0.1, 0.15) is 46.5 Å². The molecule has 0 bridgehead atoms. The van der Waals surface area contributed by atoms with Gasteiger partial charge in [0.1, 0.15) is 5.78 Å². The second kappa shape index (κ2) is 4.78. The van der Waals surface area contributed by atoms with Gasteiger partial charge < -0.3 is 0 Å². The van der Waals surface area contributed by atoms with Crippen molar-refractivity contribution in [2.24, 2.45) is 11.3 Å². The molecule has 0 radical (unpaired) electrons. The summed E-state index contributed by atoms with van der Waals surface area (Å²) in [4.78, 5) is 12.0. The number of allylic oxidation sites excluding steroid dienone is 3. The van der Waals surface area contributed by atoms with Crippen LogP contribution in [-0.2, 0) is 4.79 Å². The van der Waals surface area contributed by atoms with E-state index < -0.39 is 0 Å². The van der Waals surface area contributed by atoms with E-state index in [9.17, 15) is 4.79 Å². The first kappa shape index (κ1) is 12.2. The molecule has 1 fully saturated rings. The van der Waals surface area contributed by atoms with Crippen molar-refractivity contribution < 1.29 is 4.79 Å². The van der Waals surface area contributed by atoms with Crippen LogP contribution < -0.4 is 0 Å². The Bertz CT molecular complexity index is 288. The van der Waals surface area contributed by atoms with Gasteiger partial charge in [0.25, 0.3) is 0 Å². The van der Waals surface area contributed by atoms with Gasteiger partial charge in [0.05, 0.1) is 0 Å². The van der Waals surface area contributed by atoms with Crippen molar-refractivity contribution in [3.63, 3.8) is 0 Å². The maximum Gasteiger partial charge on any atom is 0.139 e.